The molecule has 0 spiro atoms. The van der Waals surface area contributed by atoms with Crippen LogP contribution in [0.4, 0.5) is 21.0 Å². The quantitative estimate of drug-likeness (QED) is 0.548. The summed E-state index contributed by atoms with van der Waals surface area (Å²) in [7, 11) is 1.67. The van der Waals surface area contributed by atoms with Crippen LogP contribution in [0.5, 0.6) is 0 Å². The van der Waals surface area contributed by atoms with Crippen molar-refractivity contribution >= 4 is 35.1 Å². The van der Waals surface area contributed by atoms with Crippen molar-refractivity contribution in [3.05, 3.63) is 95.6 Å². The van der Waals surface area contributed by atoms with Gasteiger partial charge >= 0.3 is 12.1 Å². The summed E-state index contributed by atoms with van der Waals surface area (Å²) in [5.41, 5.74) is 4.83. The largest absolute Gasteiger partial charge is 0.414 e. The number of anilines is 2. The van der Waals surface area contributed by atoms with E-state index in [2.05, 4.69) is 10.3 Å². The summed E-state index contributed by atoms with van der Waals surface area (Å²) in [4.78, 5) is 48.9. The number of hydrogen-bond acceptors (Lipinski definition) is 5. The van der Waals surface area contributed by atoms with Crippen LogP contribution in [-0.2, 0) is 16.1 Å². The van der Waals surface area contributed by atoms with Gasteiger partial charge in [0.25, 0.3) is 12.1 Å². The maximum Gasteiger partial charge on any atom is 0.412 e. The maximum absolute atomic E-state index is 13.4. The molecule has 0 aliphatic carbocycles. The van der Waals surface area contributed by atoms with Crippen LogP contribution in [0.3, 0.4) is 0 Å². The van der Waals surface area contributed by atoms with E-state index in [1.807, 2.05) is 83.8 Å². The molecule has 1 fully saturated rings. The first-order valence-corrected chi connectivity index (χ1v) is 13.1. The van der Waals surface area contributed by atoms with Crippen LogP contribution >= 0.6 is 0 Å². The van der Waals surface area contributed by atoms with Gasteiger partial charge in [-0.25, -0.2) is 14.6 Å². The van der Waals surface area contributed by atoms with Crippen molar-refractivity contribution in [2.24, 2.45) is 4.99 Å². The van der Waals surface area contributed by atoms with Gasteiger partial charge in [-0.3, -0.25) is 4.79 Å². The van der Waals surface area contributed by atoms with Crippen molar-refractivity contribution in [3.8, 4) is 0 Å². The Morgan fingerprint density at radius 2 is 1.62 bits per heavy atom. The van der Waals surface area contributed by atoms with Crippen LogP contribution in [0.2, 0.25) is 0 Å². The molecule has 1 saturated heterocycles. The first-order valence-electron chi connectivity index (χ1n) is 13.1. The molecule has 1 unspecified atom stereocenters. The van der Waals surface area contributed by atoms with Crippen LogP contribution in [0.1, 0.15) is 29.5 Å². The maximum atomic E-state index is 13.4. The van der Waals surface area contributed by atoms with Crippen molar-refractivity contribution in [2.75, 3.05) is 30.4 Å². The van der Waals surface area contributed by atoms with Crippen molar-refractivity contribution in [1.29, 1.82) is 0 Å². The molecular weight excluding hydrogens is 494 g/mol. The monoisotopic (exact) mass is 523 g/mol. The lowest BCUT2D eigenvalue weighted by Gasteiger charge is -2.40. The minimum atomic E-state index is -1.31. The highest BCUT2D eigenvalue weighted by molar-refractivity contribution is 6.20. The smallest absolute Gasteiger partial charge is 0.412 e. The predicted molar refractivity (Wildman–Crippen MR) is 148 cm³/mol. The zero-order valence-electron chi connectivity index (χ0n) is 21.6. The number of fused-ring (bicyclic) bond motifs is 2. The van der Waals surface area contributed by atoms with E-state index in [1.165, 1.54) is 4.90 Å². The third-order valence-electron chi connectivity index (χ3n) is 7.59. The number of benzene rings is 3. The molecule has 0 aromatic heterocycles. The predicted octanol–water partition coefficient (Wildman–Crippen LogP) is 4.48. The van der Waals surface area contributed by atoms with E-state index in [1.54, 1.807) is 11.9 Å². The first-order chi connectivity index (χ1) is 19.0. The average molecular weight is 524 g/mol. The SMILES string of the molecule is CN1C(=O)C(OC(=O)N2CCC(N3Cc4ccccc4NC3=O)CC2)N=C(c2ccccc2)c2ccccc21. The molecule has 0 radical (unpaired) electrons. The molecule has 4 amide bonds. The number of carbonyl (C=O) groups excluding carboxylic acids is 3. The Bertz CT molecular complexity index is 1450. The Morgan fingerprint density at radius 3 is 2.41 bits per heavy atom. The summed E-state index contributed by atoms with van der Waals surface area (Å²) in [6, 6.07) is 24.8. The van der Waals surface area contributed by atoms with E-state index in [0.717, 1.165) is 22.4 Å². The van der Waals surface area contributed by atoms with Gasteiger partial charge in [-0.1, -0.05) is 66.7 Å². The number of urea groups is 1. The Balaban J connectivity index is 1.17. The van der Waals surface area contributed by atoms with Gasteiger partial charge in [-0.15, -0.1) is 0 Å². The normalized spacial score (nSPS) is 19.5. The Labute approximate surface area is 226 Å². The summed E-state index contributed by atoms with van der Waals surface area (Å²) in [5.74, 6) is -0.416. The molecule has 9 nitrogen and oxygen atoms in total. The number of carbonyl (C=O) groups is 3. The van der Waals surface area contributed by atoms with Crippen LogP contribution in [0.15, 0.2) is 83.9 Å². The summed E-state index contributed by atoms with van der Waals surface area (Å²) in [6.07, 6.45) is -0.664. The zero-order valence-corrected chi connectivity index (χ0v) is 21.6. The van der Waals surface area contributed by atoms with Crippen LogP contribution in [-0.4, -0.2) is 65.9 Å². The summed E-state index contributed by atoms with van der Waals surface area (Å²) in [5, 5.41) is 2.96. The molecule has 9 heteroatoms. The van der Waals surface area contributed by atoms with E-state index >= 15 is 0 Å². The number of hydrogen-bond donors (Lipinski definition) is 1. The summed E-state index contributed by atoms with van der Waals surface area (Å²) in [6.45, 7) is 1.37. The summed E-state index contributed by atoms with van der Waals surface area (Å²) < 4.78 is 5.74. The molecule has 1 atom stereocenters. The molecule has 3 aliphatic rings. The van der Waals surface area contributed by atoms with E-state index in [4.69, 9.17) is 4.74 Å². The number of nitrogens with one attached hydrogen (secondary N) is 1. The van der Waals surface area contributed by atoms with E-state index < -0.39 is 18.2 Å². The summed E-state index contributed by atoms with van der Waals surface area (Å²) >= 11 is 0. The number of benzodiazepines with no additional fused rings is 1. The van der Waals surface area contributed by atoms with Crippen molar-refractivity contribution in [2.45, 2.75) is 31.7 Å². The number of para-hydroxylation sites is 2. The van der Waals surface area contributed by atoms with E-state index in [9.17, 15) is 14.4 Å². The van der Waals surface area contributed by atoms with Gasteiger partial charge < -0.3 is 24.8 Å². The van der Waals surface area contributed by atoms with Gasteiger partial charge in [0.15, 0.2) is 0 Å². The average Bonchev–Trinajstić information content (AvgIpc) is 3.08. The molecule has 39 heavy (non-hydrogen) atoms. The molecule has 0 saturated carbocycles. The molecule has 198 valence electrons. The van der Waals surface area contributed by atoms with E-state index in [0.29, 0.717) is 43.9 Å². The molecule has 3 aromatic carbocycles. The number of likely N-dealkylation sites (tertiary alicyclic amines) is 1. The number of amides is 4. The second-order valence-electron chi connectivity index (χ2n) is 9.93. The fourth-order valence-electron chi connectivity index (χ4n) is 5.44. The standard InChI is InChI=1S/C30H29N5O4/c1-33-25-14-8-6-12-23(25)26(20-9-3-2-4-10-20)32-27(28(33)36)39-30(38)34-17-15-22(16-18-34)35-19-21-11-5-7-13-24(21)31-29(35)37/h2-14,22,27H,15-19H2,1H3,(H,31,37). The van der Waals surface area contributed by atoms with Crippen LogP contribution in [0.25, 0.3) is 0 Å². The molecule has 3 heterocycles. The number of rotatable bonds is 3. The highest BCUT2D eigenvalue weighted by Gasteiger charge is 2.36. The lowest BCUT2D eigenvalue weighted by atomic mass is 10.0. The Hall–Kier alpha value is -4.66. The fourth-order valence-corrected chi connectivity index (χ4v) is 5.44. The van der Waals surface area contributed by atoms with Crippen LogP contribution < -0.4 is 10.2 Å². The van der Waals surface area contributed by atoms with Gasteiger partial charge in [-0.2, -0.15) is 0 Å². The van der Waals surface area contributed by atoms with Gasteiger partial charge in [-0.05, 0) is 30.5 Å². The van der Waals surface area contributed by atoms with Gasteiger partial charge in [0.1, 0.15) is 0 Å². The first kappa shape index (κ1) is 24.7. The lowest BCUT2D eigenvalue weighted by molar-refractivity contribution is -0.126. The van der Waals surface area contributed by atoms with Gasteiger partial charge in [0.05, 0.1) is 11.4 Å². The number of likely N-dealkylation sites (N-methyl/N-ethyl adjacent to an activating group) is 1. The number of ether oxygens (including phenoxy) is 1. The van der Waals surface area contributed by atoms with E-state index in [-0.39, 0.29) is 12.1 Å². The zero-order chi connectivity index (χ0) is 26.9. The third-order valence-corrected chi connectivity index (χ3v) is 7.59. The second-order valence-corrected chi connectivity index (χ2v) is 9.93. The van der Waals surface area contributed by atoms with Crippen molar-refractivity contribution < 1.29 is 19.1 Å². The number of piperidine rings is 1. The highest BCUT2D eigenvalue weighted by Crippen LogP contribution is 2.30. The van der Waals surface area contributed by atoms with Crippen molar-refractivity contribution in [1.82, 2.24) is 9.80 Å². The van der Waals surface area contributed by atoms with Crippen molar-refractivity contribution in [3.63, 3.8) is 0 Å². The minimum absolute atomic E-state index is 0.00487. The second kappa shape index (κ2) is 10.2. The minimum Gasteiger partial charge on any atom is -0.414 e. The van der Waals surface area contributed by atoms with Gasteiger partial charge in [0, 0.05) is 49.5 Å². The molecule has 3 aliphatic heterocycles. The number of nitrogens with zero attached hydrogens (tertiary/aromatic N) is 4. The Morgan fingerprint density at radius 1 is 0.923 bits per heavy atom. The Kier molecular flexibility index (Phi) is 6.48. The molecule has 6 rings (SSSR count). The molecule has 0 bridgehead atoms. The highest BCUT2D eigenvalue weighted by atomic mass is 16.6. The van der Waals surface area contributed by atoms with Crippen LogP contribution in [0, 0.1) is 0 Å². The third kappa shape index (κ3) is 4.71. The fraction of sp³-hybridized carbons (Fsp3) is 0.267. The topological polar surface area (TPSA) is 94.5 Å². The van der Waals surface area contributed by atoms with Gasteiger partial charge in [0.2, 0.25) is 0 Å². The lowest BCUT2D eigenvalue weighted by Crippen LogP contribution is -2.51. The number of aliphatic imine (C=N–C) groups is 1. The molecule has 1 N–H and O–H groups in total. The molecule has 3 aromatic rings. The molecular formula is C30H29N5O4.